The predicted molar refractivity (Wildman–Crippen MR) is 40.5 cm³/mol. The number of hydrogen-bond acceptors (Lipinski definition) is 3. The van der Waals surface area contributed by atoms with E-state index in [2.05, 4.69) is 22.3 Å². The topological polar surface area (TPSA) is 27.3 Å². The molecule has 2 N–H and O–H groups in total. The summed E-state index contributed by atoms with van der Waals surface area (Å²) in [5.41, 5.74) is 4.61. The van der Waals surface area contributed by atoms with Crippen LogP contribution in [0.25, 0.3) is 0 Å². The van der Waals surface area contributed by atoms with Crippen molar-refractivity contribution in [2.45, 2.75) is 6.04 Å². The SMILES string of the molecule is C=C1CNN2CCNCC12. The Morgan fingerprint density at radius 2 is 2.50 bits per heavy atom. The first-order chi connectivity index (χ1) is 4.88. The predicted octanol–water partition coefficient (Wildman–Crippen LogP) is -0.665. The van der Waals surface area contributed by atoms with Crippen molar-refractivity contribution < 1.29 is 0 Å². The van der Waals surface area contributed by atoms with E-state index in [-0.39, 0.29) is 0 Å². The molecule has 1 unspecified atom stereocenters. The second kappa shape index (κ2) is 2.34. The van der Waals surface area contributed by atoms with Gasteiger partial charge in [-0.25, -0.2) is 5.01 Å². The van der Waals surface area contributed by atoms with Gasteiger partial charge in [-0.15, -0.1) is 0 Å². The molecule has 0 aliphatic carbocycles. The Morgan fingerprint density at radius 1 is 1.60 bits per heavy atom. The Balaban J connectivity index is 2.08. The van der Waals surface area contributed by atoms with Crippen LogP contribution >= 0.6 is 0 Å². The lowest BCUT2D eigenvalue weighted by Gasteiger charge is -2.29. The zero-order chi connectivity index (χ0) is 6.97. The molecule has 0 aromatic carbocycles. The van der Waals surface area contributed by atoms with Gasteiger partial charge >= 0.3 is 0 Å². The van der Waals surface area contributed by atoms with Gasteiger partial charge in [-0.3, -0.25) is 5.43 Å². The first-order valence-electron chi connectivity index (χ1n) is 3.76. The van der Waals surface area contributed by atoms with Gasteiger partial charge in [0.25, 0.3) is 0 Å². The first kappa shape index (κ1) is 6.34. The number of nitrogens with one attached hydrogen (secondary N) is 2. The van der Waals surface area contributed by atoms with Crippen LogP contribution in [0, 0.1) is 0 Å². The highest BCUT2D eigenvalue weighted by molar-refractivity contribution is 5.13. The van der Waals surface area contributed by atoms with Crippen LogP contribution < -0.4 is 10.7 Å². The lowest BCUT2D eigenvalue weighted by molar-refractivity contribution is 0.165. The number of hydrogen-bond donors (Lipinski definition) is 2. The maximum absolute atomic E-state index is 3.99. The minimum absolute atomic E-state index is 0.550. The van der Waals surface area contributed by atoms with Crippen molar-refractivity contribution in [1.29, 1.82) is 0 Å². The highest BCUT2D eigenvalue weighted by Crippen LogP contribution is 2.13. The lowest BCUT2D eigenvalue weighted by atomic mass is 10.1. The molecular weight excluding hydrogens is 126 g/mol. The highest BCUT2D eigenvalue weighted by atomic mass is 15.6. The molecule has 56 valence electrons. The Hall–Kier alpha value is -0.380. The average molecular weight is 139 g/mol. The molecule has 1 atom stereocenters. The number of hydrazine groups is 1. The summed E-state index contributed by atoms with van der Waals surface area (Å²) < 4.78 is 0. The van der Waals surface area contributed by atoms with E-state index >= 15 is 0 Å². The van der Waals surface area contributed by atoms with Crippen molar-refractivity contribution in [1.82, 2.24) is 15.8 Å². The van der Waals surface area contributed by atoms with Crippen LogP contribution in [-0.2, 0) is 0 Å². The molecular formula is C7H13N3. The molecule has 10 heavy (non-hydrogen) atoms. The van der Waals surface area contributed by atoms with Crippen molar-refractivity contribution in [2.75, 3.05) is 26.2 Å². The van der Waals surface area contributed by atoms with E-state index in [1.165, 1.54) is 5.57 Å². The maximum atomic E-state index is 3.99. The van der Waals surface area contributed by atoms with Crippen molar-refractivity contribution in [3.63, 3.8) is 0 Å². The first-order valence-corrected chi connectivity index (χ1v) is 3.76. The van der Waals surface area contributed by atoms with Gasteiger partial charge in [-0.1, -0.05) is 6.58 Å². The Morgan fingerprint density at radius 3 is 3.30 bits per heavy atom. The summed E-state index contributed by atoms with van der Waals surface area (Å²) >= 11 is 0. The van der Waals surface area contributed by atoms with Gasteiger partial charge in [-0.05, 0) is 5.57 Å². The molecule has 0 saturated carbocycles. The monoisotopic (exact) mass is 139 g/mol. The van der Waals surface area contributed by atoms with Crippen LogP contribution in [0.5, 0.6) is 0 Å². The summed E-state index contributed by atoms with van der Waals surface area (Å²) in [6, 6.07) is 0.550. The zero-order valence-electron chi connectivity index (χ0n) is 6.06. The molecule has 2 fully saturated rings. The van der Waals surface area contributed by atoms with Gasteiger partial charge in [0.1, 0.15) is 0 Å². The summed E-state index contributed by atoms with van der Waals surface area (Å²) in [6.07, 6.45) is 0. The Labute approximate surface area is 61.1 Å². The van der Waals surface area contributed by atoms with Crippen LogP contribution in [0.3, 0.4) is 0 Å². The van der Waals surface area contributed by atoms with E-state index in [4.69, 9.17) is 0 Å². The van der Waals surface area contributed by atoms with Crippen LogP contribution in [-0.4, -0.2) is 37.2 Å². The van der Waals surface area contributed by atoms with Crippen LogP contribution in [0.1, 0.15) is 0 Å². The number of rotatable bonds is 0. The third kappa shape index (κ3) is 0.868. The van der Waals surface area contributed by atoms with Gasteiger partial charge in [-0.2, -0.15) is 0 Å². The quantitative estimate of drug-likeness (QED) is 0.436. The smallest absolute Gasteiger partial charge is 0.0588 e. The minimum Gasteiger partial charge on any atom is -0.313 e. The average Bonchev–Trinajstić information content (AvgIpc) is 2.34. The van der Waals surface area contributed by atoms with E-state index in [0.29, 0.717) is 6.04 Å². The van der Waals surface area contributed by atoms with Crippen molar-refractivity contribution in [2.24, 2.45) is 0 Å². The molecule has 0 amide bonds. The summed E-state index contributed by atoms with van der Waals surface area (Å²) in [4.78, 5) is 0. The van der Waals surface area contributed by atoms with Gasteiger partial charge in [0, 0.05) is 26.2 Å². The van der Waals surface area contributed by atoms with Crippen LogP contribution in [0.2, 0.25) is 0 Å². The molecule has 2 heterocycles. The highest BCUT2D eigenvalue weighted by Gasteiger charge is 2.29. The standard InChI is InChI=1S/C7H13N3/c1-6-4-9-10-3-2-8-5-7(6)10/h7-9H,1-5H2. The summed E-state index contributed by atoms with van der Waals surface area (Å²) in [5, 5.41) is 5.62. The molecule has 0 radical (unpaired) electrons. The summed E-state index contributed by atoms with van der Waals surface area (Å²) in [5.74, 6) is 0. The van der Waals surface area contributed by atoms with Gasteiger partial charge in [0.05, 0.1) is 6.04 Å². The van der Waals surface area contributed by atoms with E-state index in [1.807, 2.05) is 0 Å². The normalized spacial score (nSPS) is 34.4. The molecule has 0 spiro atoms. The molecule has 0 bridgehead atoms. The lowest BCUT2D eigenvalue weighted by Crippen LogP contribution is -2.51. The molecule has 0 aromatic rings. The van der Waals surface area contributed by atoms with Gasteiger partial charge in [0.15, 0.2) is 0 Å². The van der Waals surface area contributed by atoms with Crippen molar-refractivity contribution in [3.8, 4) is 0 Å². The van der Waals surface area contributed by atoms with Gasteiger partial charge in [0.2, 0.25) is 0 Å². The molecule has 0 aromatic heterocycles. The van der Waals surface area contributed by atoms with E-state index in [1.54, 1.807) is 0 Å². The van der Waals surface area contributed by atoms with E-state index < -0.39 is 0 Å². The fourth-order valence-corrected chi connectivity index (χ4v) is 1.58. The third-order valence-electron chi connectivity index (χ3n) is 2.22. The number of nitrogens with zero attached hydrogens (tertiary/aromatic N) is 1. The molecule has 2 aliphatic rings. The fourth-order valence-electron chi connectivity index (χ4n) is 1.58. The van der Waals surface area contributed by atoms with Crippen molar-refractivity contribution in [3.05, 3.63) is 12.2 Å². The zero-order valence-corrected chi connectivity index (χ0v) is 6.06. The maximum Gasteiger partial charge on any atom is 0.0588 e. The molecule has 3 nitrogen and oxygen atoms in total. The summed E-state index contributed by atoms with van der Waals surface area (Å²) in [6.45, 7) is 8.22. The fraction of sp³-hybridized carbons (Fsp3) is 0.714. The third-order valence-corrected chi connectivity index (χ3v) is 2.22. The number of fused-ring (bicyclic) bond motifs is 1. The van der Waals surface area contributed by atoms with E-state index in [9.17, 15) is 0 Å². The van der Waals surface area contributed by atoms with E-state index in [0.717, 1.165) is 26.2 Å². The molecule has 2 aliphatic heterocycles. The molecule has 3 heteroatoms. The molecule has 2 saturated heterocycles. The molecule has 2 rings (SSSR count). The Kier molecular flexibility index (Phi) is 1.48. The summed E-state index contributed by atoms with van der Waals surface area (Å²) in [7, 11) is 0. The van der Waals surface area contributed by atoms with Crippen LogP contribution in [0.4, 0.5) is 0 Å². The minimum atomic E-state index is 0.550. The van der Waals surface area contributed by atoms with Crippen molar-refractivity contribution >= 4 is 0 Å². The van der Waals surface area contributed by atoms with Crippen LogP contribution in [0.15, 0.2) is 12.2 Å². The second-order valence-corrected chi connectivity index (χ2v) is 2.91. The number of piperazine rings is 1. The largest absolute Gasteiger partial charge is 0.313 e. The second-order valence-electron chi connectivity index (χ2n) is 2.91. The Bertz CT molecular complexity index is 155. The van der Waals surface area contributed by atoms with Gasteiger partial charge < -0.3 is 5.32 Å².